The molecule has 0 amide bonds. The number of hydrogen-bond acceptors (Lipinski definition) is 4. The second kappa shape index (κ2) is 5.40. The Hall–Kier alpha value is -1.23. The summed E-state index contributed by atoms with van der Waals surface area (Å²) in [5.41, 5.74) is 1.80. The highest BCUT2D eigenvalue weighted by Crippen LogP contribution is 2.27. The van der Waals surface area contributed by atoms with Crippen LogP contribution in [0.5, 0.6) is 0 Å². The molecule has 1 aromatic rings. The Morgan fingerprint density at radius 2 is 2.41 bits per heavy atom. The fourth-order valence-electron chi connectivity index (χ4n) is 2.01. The van der Waals surface area contributed by atoms with Crippen molar-refractivity contribution < 1.29 is 4.92 Å². The van der Waals surface area contributed by atoms with Gasteiger partial charge in [-0.05, 0) is 36.8 Å². The normalized spacial score (nSPS) is 19.2. The molecule has 0 radical (unpaired) electrons. The van der Waals surface area contributed by atoms with Crippen LogP contribution in [0.4, 0.5) is 11.4 Å². The van der Waals surface area contributed by atoms with Crippen LogP contribution in [0.15, 0.2) is 18.2 Å². The number of thioether (sulfide) groups is 1. The number of nitrogens with one attached hydrogen (secondary N) is 1. The highest BCUT2D eigenvalue weighted by molar-refractivity contribution is 7.99. The van der Waals surface area contributed by atoms with E-state index in [9.17, 15) is 10.1 Å². The molecule has 4 nitrogen and oxygen atoms in total. The maximum absolute atomic E-state index is 10.8. The van der Waals surface area contributed by atoms with Gasteiger partial charge in [0.2, 0.25) is 0 Å². The smallest absolute Gasteiger partial charge is 0.274 e. The molecule has 1 heterocycles. The van der Waals surface area contributed by atoms with Crippen molar-refractivity contribution >= 4 is 23.1 Å². The lowest BCUT2D eigenvalue weighted by Crippen LogP contribution is -2.14. The van der Waals surface area contributed by atoms with E-state index in [0.29, 0.717) is 5.92 Å². The number of hydrogen-bond donors (Lipinski definition) is 1. The minimum Gasteiger partial charge on any atom is -0.384 e. The van der Waals surface area contributed by atoms with Gasteiger partial charge >= 0.3 is 0 Å². The highest BCUT2D eigenvalue weighted by atomic mass is 32.2. The van der Waals surface area contributed by atoms with Crippen molar-refractivity contribution in [3.8, 4) is 0 Å². The van der Waals surface area contributed by atoms with E-state index in [4.69, 9.17) is 0 Å². The quantitative estimate of drug-likeness (QED) is 0.661. The third-order valence-electron chi connectivity index (χ3n) is 3.11. The molecule has 17 heavy (non-hydrogen) atoms. The minimum absolute atomic E-state index is 0.191. The van der Waals surface area contributed by atoms with Gasteiger partial charge in [0.05, 0.1) is 4.92 Å². The number of anilines is 1. The van der Waals surface area contributed by atoms with Crippen LogP contribution in [0.25, 0.3) is 0 Å². The lowest BCUT2D eigenvalue weighted by atomic mass is 10.1. The Morgan fingerprint density at radius 3 is 3.06 bits per heavy atom. The predicted molar refractivity (Wildman–Crippen MR) is 71.8 cm³/mol. The van der Waals surface area contributed by atoms with Crippen molar-refractivity contribution in [2.75, 3.05) is 23.4 Å². The van der Waals surface area contributed by atoms with Crippen LogP contribution in [0.2, 0.25) is 0 Å². The monoisotopic (exact) mass is 252 g/mol. The number of benzene rings is 1. The minimum atomic E-state index is -0.327. The summed E-state index contributed by atoms with van der Waals surface area (Å²) in [5.74, 6) is 3.12. The largest absolute Gasteiger partial charge is 0.384 e. The maximum atomic E-state index is 10.8. The summed E-state index contributed by atoms with van der Waals surface area (Å²) >= 11 is 1.98. The van der Waals surface area contributed by atoms with Gasteiger partial charge < -0.3 is 5.32 Å². The predicted octanol–water partition coefficient (Wildman–Crippen LogP) is 3.07. The molecule has 5 heteroatoms. The van der Waals surface area contributed by atoms with Crippen molar-refractivity contribution in [1.29, 1.82) is 0 Å². The summed E-state index contributed by atoms with van der Waals surface area (Å²) in [5, 5.41) is 14.1. The molecule has 0 bridgehead atoms. The molecule has 92 valence electrons. The first kappa shape index (κ1) is 12.2. The Bertz CT molecular complexity index is 417. The van der Waals surface area contributed by atoms with Gasteiger partial charge in [0, 0.05) is 23.9 Å². The van der Waals surface area contributed by atoms with Crippen LogP contribution in [-0.2, 0) is 0 Å². The molecule has 0 spiro atoms. The van der Waals surface area contributed by atoms with E-state index in [2.05, 4.69) is 5.32 Å². The maximum Gasteiger partial charge on any atom is 0.274 e. The number of nitro groups is 1. The SMILES string of the molecule is Cc1c(NCC2CCSC2)cccc1[N+](=O)[O-]. The topological polar surface area (TPSA) is 55.2 Å². The number of nitrogens with zero attached hydrogens (tertiary/aromatic N) is 1. The molecule has 2 rings (SSSR count). The van der Waals surface area contributed by atoms with Gasteiger partial charge in [-0.15, -0.1) is 0 Å². The zero-order chi connectivity index (χ0) is 12.3. The molecule has 0 saturated carbocycles. The number of nitro benzene ring substituents is 1. The lowest BCUT2D eigenvalue weighted by molar-refractivity contribution is -0.385. The summed E-state index contributed by atoms with van der Waals surface area (Å²) < 4.78 is 0. The molecule has 1 atom stereocenters. The summed E-state index contributed by atoms with van der Waals surface area (Å²) in [4.78, 5) is 10.5. The molecule has 1 fully saturated rings. The van der Waals surface area contributed by atoms with Gasteiger partial charge in [0.1, 0.15) is 0 Å². The van der Waals surface area contributed by atoms with Crippen molar-refractivity contribution in [3.05, 3.63) is 33.9 Å². The molecular formula is C12H16N2O2S. The fraction of sp³-hybridized carbons (Fsp3) is 0.500. The van der Waals surface area contributed by atoms with Gasteiger partial charge in [-0.25, -0.2) is 0 Å². The van der Waals surface area contributed by atoms with Crippen LogP contribution in [-0.4, -0.2) is 23.0 Å². The van der Waals surface area contributed by atoms with E-state index < -0.39 is 0 Å². The van der Waals surface area contributed by atoms with Crippen LogP contribution in [0, 0.1) is 23.0 Å². The second-order valence-corrected chi connectivity index (χ2v) is 5.47. The third kappa shape index (κ3) is 2.91. The third-order valence-corrected chi connectivity index (χ3v) is 4.34. The lowest BCUT2D eigenvalue weighted by Gasteiger charge is -2.13. The van der Waals surface area contributed by atoms with Crippen LogP contribution >= 0.6 is 11.8 Å². The van der Waals surface area contributed by atoms with Crippen LogP contribution in [0.1, 0.15) is 12.0 Å². The molecule has 1 N–H and O–H groups in total. The fourth-order valence-corrected chi connectivity index (χ4v) is 3.30. The van der Waals surface area contributed by atoms with Gasteiger partial charge in [0.15, 0.2) is 0 Å². The molecular weight excluding hydrogens is 236 g/mol. The zero-order valence-corrected chi connectivity index (χ0v) is 10.6. The second-order valence-electron chi connectivity index (χ2n) is 4.32. The van der Waals surface area contributed by atoms with E-state index in [0.717, 1.165) is 17.8 Å². The highest BCUT2D eigenvalue weighted by Gasteiger charge is 2.17. The van der Waals surface area contributed by atoms with E-state index in [1.54, 1.807) is 19.1 Å². The van der Waals surface area contributed by atoms with Crippen LogP contribution < -0.4 is 5.32 Å². The van der Waals surface area contributed by atoms with Crippen molar-refractivity contribution in [3.63, 3.8) is 0 Å². The van der Waals surface area contributed by atoms with Gasteiger partial charge in [-0.2, -0.15) is 11.8 Å². The molecule has 1 saturated heterocycles. The molecule has 1 aliphatic rings. The first-order chi connectivity index (χ1) is 8.18. The molecule has 1 aromatic carbocycles. The number of rotatable bonds is 4. The van der Waals surface area contributed by atoms with Crippen molar-refractivity contribution in [1.82, 2.24) is 0 Å². The first-order valence-electron chi connectivity index (χ1n) is 5.74. The van der Waals surface area contributed by atoms with Crippen LogP contribution in [0.3, 0.4) is 0 Å². The van der Waals surface area contributed by atoms with Gasteiger partial charge in [0.25, 0.3) is 5.69 Å². The van der Waals surface area contributed by atoms with E-state index in [-0.39, 0.29) is 10.6 Å². The Labute approximate surface area is 105 Å². The van der Waals surface area contributed by atoms with Crippen molar-refractivity contribution in [2.24, 2.45) is 5.92 Å². The average molecular weight is 252 g/mol. The first-order valence-corrected chi connectivity index (χ1v) is 6.89. The molecule has 0 aliphatic carbocycles. The van der Waals surface area contributed by atoms with E-state index in [1.807, 2.05) is 17.8 Å². The standard InChI is InChI=1S/C12H16N2O2S/c1-9-11(3-2-4-12(9)14(15)16)13-7-10-5-6-17-8-10/h2-4,10,13H,5-8H2,1H3. The Morgan fingerprint density at radius 1 is 1.59 bits per heavy atom. The van der Waals surface area contributed by atoms with Gasteiger partial charge in [-0.1, -0.05) is 6.07 Å². The summed E-state index contributed by atoms with van der Waals surface area (Å²) in [7, 11) is 0. The Balaban J connectivity index is 2.04. The average Bonchev–Trinajstić information content (AvgIpc) is 2.80. The van der Waals surface area contributed by atoms with E-state index in [1.165, 1.54) is 17.9 Å². The van der Waals surface area contributed by atoms with E-state index >= 15 is 0 Å². The summed E-state index contributed by atoms with van der Waals surface area (Å²) in [6, 6.07) is 5.19. The van der Waals surface area contributed by atoms with Gasteiger partial charge in [-0.3, -0.25) is 10.1 Å². The molecule has 1 unspecified atom stereocenters. The summed E-state index contributed by atoms with van der Waals surface area (Å²) in [6.45, 7) is 2.71. The molecule has 0 aromatic heterocycles. The summed E-state index contributed by atoms with van der Waals surface area (Å²) in [6.07, 6.45) is 1.24. The Kier molecular flexibility index (Phi) is 3.89. The zero-order valence-electron chi connectivity index (χ0n) is 9.81. The van der Waals surface area contributed by atoms with Crippen molar-refractivity contribution in [2.45, 2.75) is 13.3 Å². The molecule has 1 aliphatic heterocycles.